The molecule has 0 aromatic rings. The Morgan fingerprint density at radius 3 is 2.50 bits per heavy atom. The molecule has 8 nitrogen and oxygen atoms in total. The summed E-state index contributed by atoms with van der Waals surface area (Å²) in [6.45, 7) is 3.54. The van der Waals surface area contributed by atoms with E-state index < -0.39 is 47.9 Å². The van der Waals surface area contributed by atoms with Gasteiger partial charge in [0.1, 0.15) is 12.2 Å². The van der Waals surface area contributed by atoms with E-state index in [1.165, 1.54) is 6.08 Å². The largest absolute Gasteiger partial charge is 0.458 e. The zero-order chi connectivity index (χ0) is 20.2. The Balaban J connectivity index is 1.58. The molecule has 8 heteroatoms. The molecule has 5 atom stereocenters. The zero-order valence-electron chi connectivity index (χ0n) is 15.6. The molecule has 4 rings (SSSR count). The molecule has 0 aromatic heterocycles. The van der Waals surface area contributed by atoms with Crippen LogP contribution in [0.3, 0.4) is 0 Å². The van der Waals surface area contributed by atoms with Crippen molar-refractivity contribution in [3.63, 3.8) is 0 Å². The predicted octanol–water partition coefficient (Wildman–Crippen LogP) is 0.823. The van der Waals surface area contributed by atoms with Crippen molar-refractivity contribution in [3.05, 3.63) is 34.4 Å². The van der Waals surface area contributed by atoms with Gasteiger partial charge in [-0.1, -0.05) is 11.6 Å². The average molecular weight is 390 g/mol. The molecule has 2 N–H and O–H groups in total. The number of hydrogen-bond acceptors (Lipinski definition) is 8. The summed E-state index contributed by atoms with van der Waals surface area (Å²) in [7, 11) is 0. The van der Waals surface area contributed by atoms with Crippen molar-refractivity contribution in [1.29, 1.82) is 0 Å². The highest BCUT2D eigenvalue weighted by Gasteiger charge is 2.56. The fourth-order valence-electron chi connectivity index (χ4n) is 4.45. The van der Waals surface area contributed by atoms with Crippen LogP contribution in [0.15, 0.2) is 34.4 Å². The summed E-state index contributed by atoms with van der Waals surface area (Å²) in [4.78, 5) is 36.7. The molecule has 1 aliphatic carbocycles. The topological polar surface area (TPSA) is 119 Å². The fraction of sp³-hybridized carbons (Fsp3) is 0.550. The third-order valence-electron chi connectivity index (χ3n) is 6.22. The molecule has 1 fully saturated rings. The second kappa shape index (κ2) is 6.56. The van der Waals surface area contributed by atoms with E-state index in [-0.39, 0.29) is 18.4 Å². The number of esters is 3. The Morgan fingerprint density at radius 2 is 1.86 bits per heavy atom. The van der Waals surface area contributed by atoms with Crippen LogP contribution in [0.2, 0.25) is 0 Å². The molecule has 3 aliphatic heterocycles. The first-order valence-electron chi connectivity index (χ1n) is 9.32. The Hall–Kier alpha value is -2.45. The van der Waals surface area contributed by atoms with E-state index in [0.717, 1.165) is 0 Å². The van der Waals surface area contributed by atoms with E-state index in [0.29, 0.717) is 29.6 Å². The standard InChI is InChI=1S/C20H22O8/c1-9-6-13(11-8-16(22)28-18(11)24)26-17(23)10(9)7-15-20(2)12(19(25)27-15)4-3-5-14(20)21/h4,8,13-16,21-22H,3,5-7H2,1-2H3/t13-,14+,15-,16+,20+/m0/s1. The maximum atomic E-state index is 12.6. The van der Waals surface area contributed by atoms with Gasteiger partial charge in [0.25, 0.3) is 0 Å². The van der Waals surface area contributed by atoms with Crippen molar-refractivity contribution in [1.82, 2.24) is 0 Å². The Kier molecular flexibility index (Phi) is 4.43. The number of fused-ring (bicyclic) bond motifs is 1. The summed E-state index contributed by atoms with van der Waals surface area (Å²) in [6.07, 6.45) is 0.999. The van der Waals surface area contributed by atoms with Gasteiger partial charge in [-0.2, -0.15) is 0 Å². The summed E-state index contributed by atoms with van der Waals surface area (Å²) in [5.41, 5.74) is 0.790. The van der Waals surface area contributed by atoms with Crippen LogP contribution < -0.4 is 0 Å². The average Bonchev–Trinajstić information content (AvgIpc) is 3.09. The molecule has 0 bridgehead atoms. The van der Waals surface area contributed by atoms with E-state index in [2.05, 4.69) is 4.74 Å². The first kappa shape index (κ1) is 18.9. The Morgan fingerprint density at radius 1 is 1.11 bits per heavy atom. The van der Waals surface area contributed by atoms with Crippen LogP contribution in [-0.2, 0) is 28.6 Å². The molecule has 28 heavy (non-hydrogen) atoms. The van der Waals surface area contributed by atoms with E-state index in [4.69, 9.17) is 9.47 Å². The van der Waals surface area contributed by atoms with Gasteiger partial charge in [0.05, 0.1) is 17.1 Å². The lowest BCUT2D eigenvalue weighted by Crippen LogP contribution is -2.43. The molecule has 1 saturated heterocycles. The first-order valence-corrected chi connectivity index (χ1v) is 9.32. The van der Waals surface area contributed by atoms with Gasteiger partial charge in [0, 0.05) is 24.0 Å². The second-order valence-electron chi connectivity index (χ2n) is 7.87. The molecule has 0 unspecified atom stereocenters. The number of carbonyl (C=O) groups excluding carboxylic acids is 3. The Labute approximate surface area is 161 Å². The highest BCUT2D eigenvalue weighted by Crippen LogP contribution is 2.49. The van der Waals surface area contributed by atoms with Gasteiger partial charge in [0.15, 0.2) is 0 Å². The number of hydrogen-bond donors (Lipinski definition) is 2. The third kappa shape index (κ3) is 2.79. The van der Waals surface area contributed by atoms with Gasteiger partial charge in [0.2, 0.25) is 6.29 Å². The molecule has 0 aromatic carbocycles. The van der Waals surface area contributed by atoms with Crippen LogP contribution >= 0.6 is 0 Å². The molecular formula is C20H22O8. The minimum absolute atomic E-state index is 0.117. The van der Waals surface area contributed by atoms with Gasteiger partial charge < -0.3 is 24.4 Å². The van der Waals surface area contributed by atoms with Crippen molar-refractivity contribution < 1.29 is 38.8 Å². The van der Waals surface area contributed by atoms with Crippen LogP contribution in [0.4, 0.5) is 0 Å². The van der Waals surface area contributed by atoms with Crippen LogP contribution in [0.5, 0.6) is 0 Å². The second-order valence-corrected chi connectivity index (χ2v) is 7.87. The number of rotatable bonds is 3. The van der Waals surface area contributed by atoms with E-state index in [9.17, 15) is 24.6 Å². The number of allylic oxidation sites excluding steroid dienone is 1. The number of ether oxygens (including phenoxy) is 3. The monoisotopic (exact) mass is 390 g/mol. The molecular weight excluding hydrogens is 368 g/mol. The molecule has 0 radical (unpaired) electrons. The quantitative estimate of drug-likeness (QED) is 0.537. The summed E-state index contributed by atoms with van der Waals surface area (Å²) < 4.78 is 15.6. The number of aliphatic hydroxyl groups excluding tert-OH is 2. The van der Waals surface area contributed by atoms with Crippen molar-refractivity contribution >= 4 is 17.9 Å². The van der Waals surface area contributed by atoms with Crippen molar-refractivity contribution in [3.8, 4) is 0 Å². The number of aliphatic hydroxyl groups is 2. The summed E-state index contributed by atoms with van der Waals surface area (Å²) in [5, 5.41) is 20.0. The number of cyclic esters (lactones) is 3. The van der Waals surface area contributed by atoms with Crippen LogP contribution in [0.25, 0.3) is 0 Å². The predicted molar refractivity (Wildman–Crippen MR) is 93.3 cm³/mol. The summed E-state index contributed by atoms with van der Waals surface area (Å²) in [5.74, 6) is -1.77. The highest BCUT2D eigenvalue weighted by atomic mass is 16.6. The summed E-state index contributed by atoms with van der Waals surface area (Å²) >= 11 is 0. The minimum Gasteiger partial charge on any atom is -0.458 e. The highest BCUT2D eigenvalue weighted by molar-refractivity contribution is 5.96. The fourth-order valence-corrected chi connectivity index (χ4v) is 4.45. The van der Waals surface area contributed by atoms with Crippen molar-refractivity contribution in [2.45, 2.75) is 64.1 Å². The molecule has 0 amide bonds. The lowest BCUT2D eigenvalue weighted by atomic mass is 9.68. The molecule has 4 aliphatic rings. The van der Waals surface area contributed by atoms with Gasteiger partial charge in [-0.15, -0.1) is 0 Å². The van der Waals surface area contributed by atoms with Gasteiger partial charge in [-0.05, 0) is 32.8 Å². The first-order chi connectivity index (χ1) is 13.2. The molecule has 0 spiro atoms. The molecule has 3 heterocycles. The van der Waals surface area contributed by atoms with Gasteiger partial charge in [-0.25, -0.2) is 14.4 Å². The lowest BCUT2D eigenvalue weighted by Gasteiger charge is -2.37. The maximum Gasteiger partial charge on any atom is 0.340 e. The molecule has 0 saturated carbocycles. The summed E-state index contributed by atoms with van der Waals surface area (Å²) in [6, 6.07) is 0. The van der Waals surface area contributed by atoms with E-state index in [1.54, 1.807) is 19.9 Å². The van der Waals surface area contributed by atoms with E-state index in [1.807, 2.05) is 0 Å². The van der Waals surface area contributed by atoms with Gasteiger partial charge in [-0.3, -0.25) is 0 Å². The normalized spacial score (nSPS) is 37.8. The third-order valence-corrected chi connectivity index (χ3v) is 6.22. The van der Waals surface area contributed by atoms with Crippen molar-refractivity contribution in [2.75, 3.05) is 0 Å². The zero-order valence-corrected chi connectivity index (χ0v) is 15.6. The minimum atomic E-state index is -1.33. The van der Waals surface area contributed by atoms with Crippen LogP contribution in [-0.4, -0.2) is 52.7 Å². The SMILES string of the molecule is CC1=C(C[C@@H]2OC(=O)C3=CCC[C@@H](O)[C@@]32C)C(=O)O[C@H](C2=C[C@H](O)OC2=O)C1. The maximum absolute atomic E-state index is 12.6. The van der Waals surface area contributed by atoms with Crippen LogP contribution in [0, 0.1) is 5.41 Å². The van der Waals surface area contributed by atoms with Crippen molar-refractivity contribution in [2.24, 2.45) is 5.41 Å². The molecule has 150 valence electrons. The Bertz CT molecular complexity index is 850. The lowest BCUT2D eigenvalue weighted by molar-refractivity contribution is -0.154. The number of carbonyl (C=O) groups is 3. The smallest absolute Gasteiger partial charge is 0.340 e. The van der Waals surface area contributed by atoms with E-state index >= 15 is 0 Å². The van der Waals surface area contributed by atoms with Crippen LogP contribution in [0.1, 0.15) is 39.5 Å². The van der Waals surface area contributed by atoms with Gasteiger partial charge >= 0.3 is 17.9 Å².